The van der Waals surface area contributed by atoms with Crippen molar-refractivity contribution in [3.8, 4) is 5.75 Å². The SMILES string of the molecule is CCCCC(C)Nc1ncc(OC)cn1. The minimum atomic E-state index is 0.415. The normalized spacial score (nSPS) is 12.2. The van der Waals surface area contributed by atoms with E-state index in [1.807, 2.05) is 0 Å². The molecule has 1 unspecified atom stereocenters. The van der Waals surface area contributed by atoms with Crippen molar-refractivity contribution < 1.29 is 4.74 Å². The van der Waals surface area contributed by atoms with Crippen molar-refractivity contribution in [1.82, 2.24) is 9.97 Å². The lowest BCUT2D eigenvalue weighted by molar-refractivity contribution is 0.411. The molecule has 84 valence electrons. The Morgan fingerprint density at radius 2 is 2.07 bits per heavy atom. The van der Waals surface area contributed by atoms with Crippen LogP contribution in [0.15, 0.2) is 12.4 Å². The Bertz CT molecular complexity index is 274. The molecule has 1 aromatic heterocycles. The van der Waals surface area contributed by atoms with Gasteiger partial charge in [0.25, 0.3) is 0 Å². The number of nitrogens with zero attached hydrogens (tertiary/aromatic N) is 2. The molecule has 0 aliphatic carbocycles. The van der Waals surface area contributed by atoms with Gasteiger partial charge in [0.05, 0.1) is 19.5 Å². The molecule has 1 N–H and O–H groups in total. The number of unbranched alkanes of at least 4 members (excludes halogenated alkanes) is 1. The number of hydrogen-bond donors (Lipinski definition) is 1. The summed E-state index contributed by atoms with van der Waals surface area (Å²) in [7, 11) is 1.61. The number of ether oxygens (including phenoxy) is 1. The summed E-state index contributed by atoms with van der Waals surface area (Å²) in [5.41, 5.74) is 0. The van der Waals surface area contributed by atoms with Gasteiger partial charge in [-0.25, -0.2) is 9.97 Å². The molecular weight excluding hydrogens is 190 g/mol. The Labute approximate surface area is 91.1 Å². The standard InChI is InChI=1S/C11H19N3O/c1-4-5-6-9(2)14-11-12-7-10(15-3)8-13-11/h7-9H,4-6H2,1-3H3,(H,12,13,14). The van der Waals surface area contributed by atoms with Crippen LogP contribution in [0.2, 0.25) is 0 Å². The third-order valence-electron chi connectivity index (χ3n) is 2.23. The molecule has 1 aromatic rings. The number of rotatable bonds is 6. The summed E-state index contributed by atoms with van der Waals surface area (Å²) in [5.74, 6) is 1.35. The second kappa shape index (κ2) is 6.22. The highest BCUT2D eigenvalue weighted by atomic mass is 16.5. The summed E-state index contributed by atoms with van der Waals surface area (Å²) in [5, 5.41) is 3.25. The molecule has 0 saturated heterocycles. The number of methoxy groups -OCH3 is 1. The van der Waals surface area contributed by atoms with E-state index in [0.717, 1.165) is 6.42 Å². The maximum atomic E-state index is 4.99. The first-order chi connectivity index (χ1) is 7.26. The predicted molar refractivity (Wildman–Crippen MR) is 61.2 cm³/mol. The molecule has 0 aliphatic heterocycles. The molecule has 0 saturated carbocycles. The summed E-state index contributed by atoms with van der Waals surface area (Å²) >= 11 is 0. The molecule has 0 fully saturated rings. The van der Waals surface area contributed by atoms with E-state index < -0.39 is 0 Å². The fourth-order valence-electron chi connectivity index (χ4n) is 1.30. The van der Waals surface area contributed by atoms with E-state index in [-0.39, 0.29) is 0 Å². The molecule has 0 radical (unpaired) electrons. The smallest absolute Gasteiger partial charge is 0.223 e. The van der Waals surface area contributed by atoms with Crippen molar-refractivity contribution in [3.63, 3.8) is 0 Å². The Balaban J connectivity index is 2.42. The van der Waals surface area contributed by atoms with Gasteiger partial charge in [-0.1, -0.05) is 19.8 Å². The van der Waals surface area contributed by atoms with Crippen molar-refractivity contribution in [2.24, 2.45) is 0 Å². The van der Waals surface area contributed by atoms with Gasteiger partial charge in [-0.15, -0.1) is 0 Å². The van der Waals surface area contributed by atoms with Crippen LogP contribution in [0.4, 0.5) is 5.95 Å². The maximum Gasteiger partial charge on any atom is 0.223 e. The van der Waals surface area contributed by atoms with Crippen LogP contribution in [0.1, 0.15) is 33.1 Å². The summed E-state index contributed by atoms with van der Waals surface area (Å²) in [4.78, 5) is 8.30. The molecule has 1 atom stereocenters. The van der Waals surface area contributed by atoms with Gasteiger partial charge in [-0.05, 0) is 13.3 Å². The Morgan fingerprint density at radius 3 is 2.60 bits per heavy atom. The van der Waals surface area contributed by atoms with Crippen LogP contribution in [0.3, 0.4) is 0 Å². The lowest BCUT2D eigenvalue weighted by atomic mass is 10.1. The fourth-order valence-corrected chi connectivity index (χ4v) is 1.30. The van der Waals surface area contributed by atoms with E-state index in [2.05, 4.69) is 29.1 Å². The van der Waals surface area contributed by atoms with E-state index in [9.17, 15) is 0 Å². The predicted octanol–water partition coefficient (Wildman–Crippen LogP) is 2.48. The van der Waals surface area contributed by atoms with E-state index in [0.29, 0.717) is 17.7 Å². The van der Waals surface area contributed by atoms with E-state index in [1.165, 1.54) is 12.8 Å². The van der Waals surface area contributed by atoms with E-state index >= 15 is 0 Å². The van der Waals surface area contributed by atoms with Crippen molar-refractivity contribution >= 4 is 5.95 Å². The highest BCUT2D eigenvalue weighted by Crippen LogP contribution is 2.09. The average Bonchev–Trinajstić information content (AvgIpc) is 2.27. The van der Waals surface area contributed by atoms with Gasteiger partial charge < -0.3 is 10.1 Å². The zero-order valence-electron chi connectivity index (χ0n) is 9.66. The van der Waals surface area contributed by atoms with Gasteiger partial charge in [0, 0.05) is 6.04 Å². The van der Waals surface area contributed by atoms with E-state index in [4.69, 9.17) is 4.74 Å². The first-order valence-electron chi connectivity index (χ1n) is 5.38. The molecule has 0 bridgehead atoms. The Kier molecular flexibility index (Phi) is 4.87. The highest BCUT2D eigenvalue weighted by Gasteiger charge is 2.03. The van der Waals surface area contributed by atoms with Crippen molar-refractivity contribution in [3.05, 3.63) is 12.4 Å². The quantitative estimate of drug-likeness (QED) is 0.781. The Hall–Kier alpha value is -1.32. The molecule has 1 rings (SSSR count). The van der Waals surface area contributed by atoms with Gasteiger partial charge in [-0.3, -0.25) is 0 Å². The lowest BCUT2D eigenvalue weighted by Crippen LogP contribution is -2.16. The lowest BCUT2D eigenvalue weighted by Gasteiger charge is -2.12. The fraction of sp³-hybridized carbons (Fsp3) is 0.636. The van der Waals surface area contributed by atoms with Crippen LogP contribution in [0.25, 0.3) is 0 Å². The monoisotopic (exact) mass is 209 g/mol. The zero-order valence-corrected chi connectivity index (χ0v) is 9.66. The first-order valence-corrected chi connectivity index (χ1v) is 5.38. The van der Waals surface area contributed by atoms with Crippen molar-refractivity contribution in [2.75, 3.05) is 12.4 Å². The van der Waals surface area contributed by atoms with Crippen LogP contribution in [-0.4, -0.2) is 23.1 Å². The van der Waals surface area contributed by atoms with Gasteiger partial charge in [0.2, 0.25) is 5.95 Å². The van der Waals surface area contributed by atoms with E-state index in [1.54, 1.807) is 19.5 Å². The van der Waals surface area contributed by atoms with Crippen LogP contribution in [0.5, 0.6) is 5.75 Å². The van der Waals surface area contributed by atoms with Gasteiger partial charge in [0.15, 0.2) is 5.75 Å². The van der Waals surface area contributed by atoms with Crippen LogP contribution in [-0.2, 0) is 0 Å². The summed E-state index contributed by atoms with van der Waals surface area (Å²) in [6.07, 6.45) is 6.93. The minimum absolute atomic E-state index is 0.415. The Morgan fingerprint density at radius 1 is 1.40 bits per heavy atom. The van der Waals surface area contributed by atoms with Crippen LogP contribution < -0.4 is 10.1 Å². The molecule has 1 heterocycles. The number of anilines is 1. The third-order valence-corrected chi connectivity index (χ3v) is 2.23. The van der Waals surface area contributed by atoms with Crippen molar-refractivity contribution in [1.29, 1.82) is 0 Å². The summed E-state index contributed by atoms with van der Waals surface area (Å²) in [6, 6.07) is 0.415. The molecule has 0 amide bonds. The van der Waals surface area contributed by atoms with Gasteiger partial charge in [0.1, 0.15) is 0 Å². The topological polar surface area (TPSA) is 47.0 Å². The number of aromatic nitrogens is 2. The minimum Gasteiger partial charge on any atom is -0.494 e. The van der Waals surface area contributed by atoms with Crippen LogP contribution >= 0.6 is 0 Å². The van der Waals surface area contributed by atoms with Gasteiger partial charge in [-0.2, -0.15) is 0 Å². The highest BCUT2D eigenvalue weighted by molar-refractivity contribution is 5.27. The van der Waals surface area contributed by atoms with Crippen molar-refractivity contribution in [2.45, 2.75) is 39.2 Å². The summed E-state index contributed by atoms with van der Waals surface area (Å²) < 4.78 is 4.99. The zero-order chi connectivity index (χ0) is 11.1. The van der Waals surface area contributed by atoms with Gasteiger partial charge >= 0.3 is 0 Å². The molecule has 0 spiro atoms. The second-order valence-electron chi connectivity index (χ2n) is 3.63. The third kappa shape index (κ3) is 4.14. The molecular formula is C11H19N3O. The van der Waals surface area contributed by atoms with Crippen LogP contribution in [0, 0.1) is 0 Å². The summed E-state index contributed by atoms with van der Waals surface area (Å²) in [6.45, 7) is 4.33. The molecule has 0 aliphatic rings. The second-order valence-corrected chi connectivity index (χ2v) is 3.63. The first kappa shape index (κ1) is 11.8. The molecule has 0 aromatic carbocycles. The molecule has 4 nitrogen and oxygen atoms in total. The maximum absolute atomic E-state index is 4.99. The molecule has 4 heteroatoms. The molecule has 15 heavy (non-hydrogen) atoms. The number of nitrogens with one attached hydrogen (secondary N) is 1. The average molecular weight is 209 g/mol. The largest absolute Gasteiger partial charge is 0.494 e. The number of hydrogen-bond acceptors (Lipinski definition) is 4.